The van der Waals surface area contributed by atoms with Gasteiger partial charge in [0, 0.05) is 12.6 Å². The SMILES string of the molecule is CC(C)C1C(=O)N2CCCCC2C(=O)N1Cc1ccon1. The molecule has 0 saturated carbocycles. The number of rotatable bonds is 3. The van der Waals surface area contributed by atoms with Gasteiger partial charge in [0.25, 0.3) is 0 Å². The second kappa shape index (κ2) is 5.50. The van der Waals surface area contributed by atoms with E-state index in [2.05, 4.69) is 5.16 Å². The molecule has 2 amide bonds. The molecule has 6 nitrogen and oxygen atoms in total. The fourth-order valence-corrected chi connectivity index (χ4v) is 3.40. The highest BCUT2D eigenvalue weighted by Gasteiger charge is 2.47. The van der Waals surface area contributed by atoms with Crippen LogP contribution in [0.2, 0.25) is 0 Å². The second-order valence-electron chi connectivity index (χ2n) is 6.19. The Hall–Kier alpha value is -1.85. The molecule has 0 aliphatic carbocycles. The van der Waals surface area contributed by atoms with Crippen LogP contribution in [0.15, 0.2) is 16.9 Å². The molecule has 2 saturated heterocycles. The summed E-state index contributed by atoms with van der Waals surface area (Å²) in [5.74, 6) is 0.213. The average molecular weight is 291 g/mol. The predicted octanol–water partition coefficient (Wildman–Crippen LogP) is 1.42. The van der Waals surface area contributed by atoms with E-state index < -0.39 is 6.04 Å². The van der Waals surface area contributed by atoms with Gasteiger partial charge in [-0.3, -0.25) is 9.59 Å². The zero-order valence-electron chi connectivity index (χ0n) is 12.5. The predicted molar refractivity (Wildman–Crippen MR) is 75.0 cm³/mol. The van der Waals surface area contributed by atoms with Crippen molar-refractivity contribution in [1.82, 2.24) is 15.0 Å². The third-order valence-corrected chi connectivity index (χ3v) is 4.40. The first-order valence-electron chi connectivity index (χ1n) is 7.60. The van der Waals surface area contributed by atoms with E-state index in [0.717, 1.165) is 19.3 Å². The Morgan fingerprint density at radius 2 is 2.14 bits per heavy atom. The lowest BCUT2D eigenvalue weighted by Gasteiger charge is -2.48. The van der Waals surface area contributed by atoms with Crippen LogP contribution in [-0.4, -0.2) is 45.4 Å². The van der Waals surface area contributed by atoms with Crippen molar-refractivity contribution in [3.8, 4) is 0 Å². The molecule has 2 aliphatic heterocycles. The van der Waals surface area contributed by atoms with Gasteiger partial charge in [-0.25, -0.2) is 0 Å². The molecule has 0 aromatic carbocycles. The highest BCUT2D eigenvalue weighted by molar-refractivity contribution is 5.97. The number of fused-ring (bicyclic) bond motifs is 1. The number of aromatic nitrogens is 1. The third-order valence-electron chi connectivity index (χ3n) is 4.40. The molecule has 0 N–H and O–H groups in total. The Labute approximate surface area is 124 Å². The average Bonchev–Trinajstić information content (AvgIpc) is 2.97. The zero-order valence-corrected chi connectivity index (χ0v) is 12.5. The standard InChI is InChI=1S/C15H21N3O3/c1-10(2)13-15(20)17-7-4-3-5-12(17)14(19)18(13)9-11-6-8-21-16-11/h6,8,10,12-13H,3-5,7,9H2,1-2H3. The lowest BCUT2D eigenvalue weighted by Crippen LogP contribution is -2.66. The van der Waals surface area contributed by atoms with Crippen LogP contribution in [0, 0.1) is 5.92 Å². The van der Waals surface area contributed by atoms with Crippen LogP contribution in [0.5, 0.6) is 0 Å². The number of hydrogen-bond donors (Lipinski definition) is 0. The first-order valence-corrected chi connectivity index (χ1v) is 7.60. The van der Waals surface area contributed by atoms with Gasteiger partial charge < -0.3 is 14.3 Å². The summed E-state index contributed by atoms with van der Waals surface area (Å²) in [4.78, 5) is 29.1. The van der Waals surface area contributed by atoms with Crippen molar-refractivity contribution in [2.24, 2.45) is 5.92 Å². The largest absolute Gasteiger partial charge is 0.364 e. The normalized spacial score (nSPS) is 26.4. The molecule has 2 atom stereocenters. The monoisotopic (exact) mass is 291 g/mol. The van der Waals surface area contributed by atoms with E-state index in [1.54, 1.807) is 15.9 Å². The Morgan fingerprint density at radius 3 is 2.81 bits per heavy atom. The first kappa shape index (κ1) is 14.1. The molecule has 3 heterocycles. The molecule has 1 aromatic rings. The van der Waals surface area contributed by atoms with Crippen molar-refractivity contribution >= 4 is 11.8 Å². The molecular weight excluding hydrogens is 270 g/mol. The summed E-state index contributed by atoms with van der Waals surface area (Å²) in [5.41, 5.74) is 0.686. The summed E-state index contributed by atoms with van der Waals surface area (Å²) in [6, 6.07) is 1.05. The van der Waals surface area contributed by atoms with E-state index in [9.17, 15) is 9.59 Å². The van der Waals surface area contributed by atoms with E-state index in [1.165, 1.54) is 6.26 Å². The summed E-state index contributed by atoms with van der Waals surface area (Å²) in [5, 5.41) is 3.87. The van der Waals surface area contributed by atoms with Crippen LogP contribution in [0.3, 0.4) is 0 Å². The van der Waals surface area contributed by atoms with Crippen molar-refractivity contribution in [1.29, 1.82) is 0 Å². The Bertz CT molecular complexity index is 526. The fraction of sp³-hybridized carbons (Fsp3) is 0.667. The Morgan fingerprint density at radius 1 is 1.33 bits per heavy atom. The van der Waals surface area contributed by atoms with Gasteiger partial charge in [0.1, 0.15) is 24.0 Å². The highest BCUT2D eigenvalue weighted by atomic mass is 16.5. The minimum Gasteiger partial charge on any atom is -0.364 e. The molecule has 0 radical (unpaired) electrons. The molecule has 2 aliphatic rings. The number of nitrogens with zero attached hydrogens (tertiary/aromatic N) is 3. The van der Waals surface area contributed by atoms with Gasteiger partial charge in [0.05, 0.1) is 6.54 Å². The summed E-state index contributed by atoms with van der Waals surface area (Å²) in [6.45, 7) is 5.01. The van der Waals surface area contributed by atoms with Crippen LogP contribution >= 0.6 is 0 Å². The zero-order chi connectivity index (χ0) is 15.0. The minimum absolute atomic E-state index is 0.0519. The summed E-state index contributed by atoms with van der Waals surface area (Å²) < 4.78 is 4.84. The van der Waals surface area contributed by atoms with E-state index in [-0.39, 0.29) is 23.8 Å². The van der Waals surface area contributed by atoms with Gasteiger partial charge in [-0.2, -0.15) is 0 Å². The molecule has 0 spiro atoms. The molecule has 2 unspecified atom stereocenters. The molecule has 1 aromatic heterocycles. The van der Waals surface area contributed by atoms with Crippen LogP contribution in [0.1, 0.15) is 38.8 Å². The lowest BCUT2D eigenvalue weighted by atomic mass is 9.90. The molecule has 2 fully saturated rings. The molecule has 3 rings (SSSR count). The van der Waals surface area contributed by atoms with Gasteiger partial charge in [0.2, 0.25) is 11.8 Å². The maximum Gasteiger partial charge on any atom is 0.246 e. The topological polar surface area (TPSA) is 66.7 Å². The van der Waals surface area contributed by atoms with Crippen LogP contribution in [0.4, 0.5) is 0 Å². The smallest absolute Gasteiger partial charge is 0.246 e. The third kappa shape index (κ3) is 2.43. The maximum atomic E-state index is 12.8. The number of piperazine rings is 1. The van der Waals surface area contributed by atoms with Crippen LogP contribution < -0.4 is 0 Å². The number of piperidine rings is 1. The fourth-order valence-electron chi connectivity index (χ4n) is 3.40. The number of hydrogen-bond acceptors (Lipinski definition) is 4. The number of carbonyl (C=O) groups is 2. The van der Waals surface area contributed by atoms with Crippen LogP contribution in [0.25, 0.3) is 0 Å². The number of carbonyl (C=O) groups excluding carboxylic acids is 2. The quantitative estimate of drug-likeness (QED) is 0.845. The van der Waals surface area contributed by atoms with Crippen molar-refractivity contribution in [3.05, 3.63) is 18.0 Å². The van der Waals surface area contributed by atoms with Crippen molar-refractivity contribution in [3.63, 3.8) is 0 Å². The van der Waals surface area contributed by atoms with Gasteiger partial charge >= 0.3 is 0 Å². The number of amides is 2. The summed E-state index contributed by atoms with van der Waals surface area (Å²) in [6.07, 6.45) is 4.25. The molecule has 6 heteroatoms. The molecule has 114 valence electrons. The Balaban J connectivity index is 1.90. The second-order valence-corrected chi connectivity index (χ2v) is 6.19. The molecule has 21 heavy (non-hydrogen) atoms. The van der Waals surface area contributed by atoms with Gasteiger partial charge in [-0.15, -0.1) is 0 Å². The molecular formula is C15H21N3O3. The van der Waals surface area contributed by atoms with Crippen LogP contribution in [-0.2, 0) is 16.1 Å². The van der Waals surface area contributed by atoms with Crippen molar-refractivity contribution in [2.75, 3.05) is 6.54 Å². The highest BCUT2D eigenvalue weighted by Crippen LogP contribution is 2.30. The summed E-state index contributed by atoms with van der Waals surface area (Å²) in [7, 11) is 0. The van der Waals surface area contributed by atoms with Gasteiger partial charge in [-0.05, 0) is 25.2 Å². The maximum absolute atomic E-state index is 12.8. The van der Waals surface area contributed by atoms with Crippen molar-refractivity contribution in [2.45, 2.75) is 51.7 Å². The van der Waals surface area contributed by atoms with E-state index in [0.29, 0.717) is 18.8 Å². The summed E-state index contributed by atoms with van der Waals surface area (Å²) >= 11 is 0. The minimum atomic E-state index is -0.399. The first-order chi connectivity index (χ1) is 10.1. The van der Waals surface area contributed by atoms with Gasteiger partial charge in [0.15, 0.2) is 0 Å². The Kier molecular flexibility index (Phi) is 3.69. The van der Waals surface area contributed by atoms with Gasteiger partial charge in [-0.1, -0.05) is 19.0 Å². The van der Waals surface area contributed by atoms with E-state index in [1.807, 2.05) is 13.8 Å². The van der Waals surface area contributed by atoms with E-state index in [4.69, 9.17) is 4.52 Å². The molecule has 0 bridgehead atoms. The van der Waals surface area contributed by atoms with E-state index >= 15 is 0 Å². The van der Waals surface area contributed by atoms with Crippen molar-refractivity contribution < 1.29 is 14.1 Å². The lowest BCUT2D eigenvalue weighted by molar-refractivity contribution is -0.166.